The molecule has 0 saturated carbocycles. The van der Waals surface area contributed by atoms with Gasteiger partial charge in [-0.2, -0.15) is 0 Å². The highest BCUT2D eigenvalue weighted by Crippen LogP contribution is 2.34. The Hall–Kier alpha value is 1.24. The van der Waals surface area contributed by atoms with Gasteiger partial charge in [-0.15, -0.1) is 0 Å². The van der Waals surface area contributed by atoms with Gasteiger partial charge in [-0.3, -0.25) is 0 Å². The average molecular weight is 577 g/mol. The Kier molecular flexibility index (Phi) is 11.5. The van der Waals surface area contributed by atoms with Crippen LogP contribution in [0.3, 0.4) is 0 Å². The van der Waals surface area contributed by atoms with Crippen molar-refractivity contribution in [1.82, 2.24) is 0 Å². The molecule has 0 aliphatic carbocycles. The van der Waals surface area contributed by atoms with Crippen molar-refractivity contribution in [1.29, 1.82) is 0 Å². The van der Waals surface area contributed by atoms with Crippen molar-refractivity contribution < 1.29 is 29.1 Å². The van der Waals surface area contributed by atoms with Gasteiger partial charge in [0.2, 0.25) is 0 Å². The first-order valence-electron chi connectivity index (χ1n) is 11.5. The van der Waals surface area contributed by atoms with Crippen molar-refractivity contribution in [2.45, 2.75) is 118 Å². The predicted molar refractivity (Wildman–Crippen MR) is 151 cm³/mol. The molecule has 0 aromatic heterocycles. The van der Waals surface area contributed by atoms with Crippen LogP contribution in [0.5, 0.6) is 0 Å². The molecule has 0 aliphatic rings. The zero-order valence-corrected chi connectivity index (χ0v) is 30.9. The quantitative estimate of drug-likeness (QED) is 0.217. The van der Waals surface area contributed by atoms with Crippen molar-refractivity contribution in [2.75, 3.05) is 0 Å². The minimum atomic E-state index is -3.69. The molecule has 0 N–H and O–H groups in total. The maximum absolute atomic E-state index is 6.93. The van der Waals surface area contributed by atoms with Crippen LogP contribution in [-0.4, -0.2) is 65.8 Å². The van der Waals surface area contributed by atoms with Gasteiger partial charge in [-0.1, -0.05) is 0 Å². The molecule has 0 fully saturated rings. The van der Waals surface area contributed by atoms with Crippen molar-refractivity contribution in [2.24, 2.45) is 0 Å². The molecule has 32 heavy (non-hydrogen) atoms. The van der Waals surface area contributed by atoms with E-state index in [2.05, 4.69) is 98.2 Å². The number of hydrogen-bond donors (Lipinski definition) is 0. The Balaban J connectivity index is 6.92. The summed E-state index contributed by atoms with van der Waals surface area (Å²) in [5.74, 6) is 0. The van der Waals surface area contributed by atoms with Gasteiger partial charge in [0.25, 0.3) is 0 Å². The summed E-state index contributed by atoms with van der Waals surface area (Å²) in [7, 11) is -18.1. The van der Waals surface area contributed by atoms with Crippen LogP contribution in [0.2, 0.25) is 98.2 Å². The molecule has 0 aromatic carbocycles. The Labute approximate surface area is 206 Å². The van der Waals surface area contributed by atoms with E-state index in [0.717, 1.165) is 0 Å². The summed E-state index contributed by atoms with van der Waals surface area (Å²) in [5, 5.41) is 0. The summed E-state index contributed by atoms with van der Waals surface area (Å²) in [6.07, 6.45) is -0.147. The van der Waals surface area contributed by atoms with Crippen molar-refractivity contribution in [3.63, 3.8) is 0 Å². The van der Waals surface area contributed by atoms with Crippen LogP contribution < -0.4 is 0 Å². The smallest absolute Gasteiger partial charge is 0.396 e. The largest absolute Gasteiger partial charge is 0.652 e. The zero-order chi connectivity index (χ0) is 26.0. The van der Waals surface area contributed by atoms with Gasteiger partial charge in [-0.05, 0) is 112 Å². The summed E-state index contributed by atoms with van der Waals surface area (Å²) >= 11 is 0. The van der Waals surface area contributed by atoms with Gasteiger partial charge in [0.05, 0.1) is 0 Å². The third-order valence-corrected chi connectivity index (χ3v) is 22.8. The van der Waals surface area contributed by atoms with Crippen LogP contribution >= 0.6 is 0 Å². The molecule has 0 atom stereocenters. The molecule has 0 heterocycles. The van der Waals surface area contributed by atoms with E-state index in [1.807, 2.05) is 13.8 Å². The van der Waals surface area contributed by atoms with Gasteiger partial charge >= 0.3 is 18.1 Å². The van der Waals surface area contributed by atoms with E-state index >= 15 is 0 Å². The first-order chi connectivity index (χ1) is 13.7. The molecule has 0 aromatic rings. The zero-order valence-electron chi connectivity index (χ0n) is 23.9. The van der Waals surface area contributed by atoms with Crippen molar-refractivity contribution in [3.05, 3.63) is 0 Å². The SMILES string of the molecule is CC(C)O[Si](O[Si](C)(C)C)(O[Si](C)(C)C)O[Si](O[Si](C)(C)C)(O[Si](C)(C)C)O[Si](C)(C)C. The molecule has 0 bridgehead atoms. The summed E-state index contributed by atoms with van der Waals surface area (Å²) in [6.45, 7) is 35.9. The fraction of sp³-hybridized carbons (Fsp3) is 1.00. The van der Waals surface area contributed by atoms with Crippen LogP contribution in [0.25, 0.3) is 0 Å². The molecule has 194 valence electrons. The molecular formula is C18H52O7Si7. The minimum absolute atomic E-state index is 0.147. The summed E-state index contributed by atoms with van der Waals surface area (Å²) in [6, 6.07) is 0. The lowest BCUT2D eigenvalue weighted by atomic mass is 10.5. The Morgan fingerprint density at radius 3 is 0.750 bits per heavy atom. The fourth-order valence-corrected chi connectivity index (χ4v) is 24.8. The van der Waals surface area contributed by atoms with Crippen molar-refractivity contribution in [3.8, 4) is 0 Å². The van der Waals surface area contributed by atoms with E-state index in [4.69, 9.17) is 29.1 Å². The fourth-order valence-electron chi connectivity index (χ4n) is 2.58. The molecule has 0 unspecified atom stereocenters. The molecule has 0 spiro atoms. The third-order valence-electron chi connectivity index (χ3n) is 2.79. The molecule has 0 rings (SSSR count). The Morgan fingerprint density at radius 2 is 0.562 bits per heavy atom. The first kappa shape index (κ1) is 33.2. The molecule has 0 aliphatic heterocycles. The highest BCUT2D eigenvalue weighted by molar-refractivity contribution is 6.92. The predicted octanol–water partition coefficient (Wildman–Crippen LogP) is 6.56. The standard InChI is InChI=1S/C18H52O7Si7/c1-18(2)19-31(20-26(3,4)5,21-27(6,7)8)25-32(22-28(9,10)11,23-29(12,13)14)24-30(15,16)17/h18H,1-17H3. The maximum Gasteiger partial charge on any atom is 0.652 e. The van der Waals surface area contributed by atoms with E-state index in [0.29, 0.717) is 0 Å². The second kappa shape index (κ2) is 11.1. The van der Waals surface area contributed by atoms with E-state index in [1.165, 1.54) is 0 Å². The number of rotatable bonds is 14. The Bertz CT molecular complexity index is 528. The summed E-state index contributed by atoms with van der Waals surface area (Å²) in [5.41, 5.74) is 0. The van der Waals surface area contributed by atoms with Gasteiger partial charge in [0.15, 0.2) is 41.6 Å². The molecule has 14 heteroatoms. The lowest BCUT2D eigenvalue weighted by molar-refractivity contribution is 0.0156. The second-order valence-corrected chi connectivity index (χ2v) is 41.6. The van der Waals surface area contributed by atoms with Crippen LogP contribution in [0.1, 0.15) is 13.8 Å². The molecule has 0 saturated heterocycles. The van der Waals surface area contributed by atoms with Gasteiger partial charge in [-0.25, -0.2) is 0 Å². The summed E-state index contributed by atoms with van der Waals surface area (Å²) in [4.78, 5) is 0. The highest BCUT2D eigenvalue weighted by atomic mass is 28.6. The van der Waals surface area contributed by atoms with E-state index in [1.54, 1.807) is 0 Å². The minimum Gasteiger partial charge on any atom is -0.396 e. The average Bonchev–Trinajstić information content (AvgIpc) is 2.22. The van der Waals surface area contributed by atoms with Crippen LogP contribution in [0.15, 0.2) is 0 Å². The van der Waals surface area contributed by atoms with Crippen LogP contribution in [0, 0.1) is 0 Å². The van der Waals surface area contributed by atoms with E-state index in [9.17, 15) is 0 Å². The molecular weight excluding hydrogens is 525 g/mol. The molecule has 0 amide bonds. The maximum atomic E-state index is 6.93. The van der Waals surface area contributed by atoms with Crippen molar-refractivity contribution >= 4 is 59.7 Å². The lowest BCUT2D eigenvalue weighted by Crippen LogP contribution is -2.71. The normalized spacial score (nSPS) is 15.6. The lowest BCUT2D eigenvalue weighted by Gasteiger charge is -2.46. The van der Waals surface area contributed by atoms with Gasteiger partial charge < -0.3 is 29.1 Å². The molecule has 0 radical (unpaired) electrons. The third kappa shape index (κ3) is 16.0. The highest BCUT2D eigenvalue weighted by Gasteiger charge is 2.64. The van der Waals surface area contributed by atoms with E-state index < -0.39 is 59.7 Å². The monoisotopic (exact) mass is 576 g/mol. The molecule has 7 nitrogen and oxygen atoms in total. The first-order valence-corrected chi connectivity index (χ1v) is 31.9. The topological polar surface area (TPSA) is 64.6 Å². The second-order valence-electron chi connectivity index (χ2n) is 13.3. The van der Waals surface area contributed by atoms with Crippen LogP contribution in [-0.2, 0) is 29.1 Å². The summed E-state index contributed by atoms with van der Waals surface area (Å²) < 4.78 is 47.1. The Morgan fingerprint density at radius 1 is 0.344 bits per heavy atom. The number of hydrogen-bond acceptors (Lipinski definition) is 7. The van der Waals surface area contributed by atoms with Gasteiger partial charge in [0.1, 0.15) is 0 Å². The van der Waals surface area contributed by atoms with Gasteiger partial charge in [0, 0.05) is 6.10 Å². The van der Waals surface area contributed by atoms with E-state index in [-0.39, 0.29) is 6.10 Å². The van der Waals surface area contributed by atoms with Crippen LogP contribution in [0.4, 0.5) is 0 Å².